The largest absolute Gasteiger partial charge is 0.490 e. The highest BCUT2D eigenvalue weighted by Gasteiger charge is 2.31. The van der Waals surface area contributed by atoms with E-state index < -0.39 is 0 Å². The lowest BCUT2D eigenvalue weighted by Crippen LogP contribution is -2.27. The lowest BCUT2D eigenvalue weighted by Gasteiger charge is -2.14. The van der Waals surface area contributed by atoms with Gasteiger partial charge in [-0.3, -0.25) is 4.79 Å². The van der Waals surface area contributed by atoms with Gasteiger partial charge in [0, 0.05) is 23.9 Å². The Hall–Kier alpha value is -1.11. The van der Waals surface area contributed by atoms with Crippen molar-refractivity contribution in [2.45, 2.75) is 31.9 Å². The fourth-order valence-corrected chi connectivity index (χ4v) is 3.21. The monoisotopic (exact) mass is 354 g/mol. The van der Waals surface area contributed by atoms with Crippen molar-refractivity contribution in [2.24, 2.45) is 0 Å². The molecule has 2 aliphatic rings. The first-order valence-electron chi connectivity index (χ1n) is 7.31. The zero-order chi connectivity index (χ0) is 14.8. The van der Waals surface area contributed by atoms with Crippen LogP contribution >= 0.6 is 15.9 Å². The molecule has 6 heteroatoms. The Morgan fingerprint density at radius 2 is 2.38 bits per heavy atom. The number of ether oxygens (including phenoxy) is 2. The molecule has 114 valence electrons. The highest BCUT2D eigenvalue weighted by molar-refractivity contribution is 9.10. The summed E-state index contributed by atoms with van der Waals surface area (Å²) in [4.78, 5) is 12.0. The van der Waals surface area contributed by atoms with Crippen LogP contribution in [-0.2, 0) is 9.53 Å². The van der Waals surface area contributed by atoms with E-state index in [1.165, 1.54) is 0 Å². The van der Waals surface area contributed by atoms with Crippen LogP contribution in [0, 0.1) is 0 Å². The van der Waals surface area contributed by atoms with Crippen LogP contribution in [0.5, 0.6) is 5.75 Å². The smallest absolute Gasteiger partial charge is 0.246 e. The van der Waals surface area contributed by atoms with Crippen LogP contribution in [0.4, 0.5) is 5.69 Å². The average Bonchev–Trinajstić information content (AvgIpc) is 3.07. The second-order valence-corrected chi connectivity index (χ2v) is 6.15. The van der Waals surface area contributed by atoms with E-state index in [1.807, 2.05) is 19.1 Å². The van der Waals surface area contributed by atoms with Gasteiger partial charge in [-0.2, -0.15) is 0 Å². The molecule has 2 atom stereocenters. The number of anilines is 1. The molecule has 1 aromatic rings. The Bertz CT molecular complexity index is 544. The van der Waals surface area contributed by atoms with Crippen LogP contribution in [0.2, 0.25) is 0 Å². The van der Waals surface area contributed by atoms with E-state index >= 15 is 0 Å². The van der Waals surface area contributed by atoms with E-state index in [1.54, 1.807) is 0 Å². The van der Waals surface area contributed by atoms with Gasteiger partial charge in [0.05, 0.1) is 10.6 Å². The quantitative estimate of drug-likeness (QED) is 0.853. The molecule has 0 saturated carbocycles. The summed E-state index contributed by atoms with van der Waals surface area (Å²) in [6, 6.07) is 3.54. The van der Waals surface area contributed by atoms with Crippen LogP contribution in [0.15, 0.2) is 16.6 Å². The van der Waals surface area contributed by atoms with Crippen molar-refractivity contribution in [3.63, 3.8) is 0 Å². The maximum Gasteiger partial charge on any atom is 0.246 e. The molecule has 2 aliphatic heterocycles. The zero-order valence-corrected chi connectivity index (χ0v) is 13.5. The first-order chi connectivity index (χ1) is 10.2. The van der Waals surface area contributed by atoms with Gasteiger partial charge in [-0.05, 0) is 41.4 Å². The average molecular weight is 355 g/mol. The molecule has 0 aromatic heterocycles. The van der Waals surface area contributed by atoms with Gasteiger partial charge in [-0.15, -0.1) is 0 Å². The molecule has 2 unspecified atom stereocenters. The van der Waals surface area contributed by atoms with Crippen molar-refractivity contribution in [2.75, 3.05) is 25.1 Å². The number of hydrogen-bond acceptors (Lipinski definition) is 4. The van der Waals surface area contributed by atoms with Crippen LogP contribution < -0.4 is 15.4 Å². The van der Waals surface area contributed by atoms with Crippen LogP contribution in [-0.4, -0.2) is 31.8 Å². The topological polar surface area (TPSA) is 59.6 Å². The first-order valence-corrected chi connectivity index (χ1v) is 8.10. The van der Waals surface area contributed by atoms with Gasteiger partial charge in [0.25, 0.3) is 0 Å². The summed E-state index contributed by atoms with van der Waals surface area (Å²) < 4.78 is 12.2. The fourth-order valence-electron chi connectivity index (χ4n) is 2.74. The van der Waals surface area contributed by atoms with Gasteiger partial charge in [-0.1, -0.05) is 6.92 Å². The molecule has 0 radical (unpaired) electrons. The molecular weight excluding hydrogens is 336 g/mol. The molecule has 3 rings (SSSR count). The molecule has 1 saturated heterocycles. The summed E-state index contributed by atoms with van der Waals surface area (Å²) in [5.74, 6) is 0.719. The third-order valence-corrected chi connectivity index (χ3v) is 4.41. The lowest BCUT2D eigenvalue weighted by molar-refractivity contribution is -0.117. The van der Waals surface area contributed by atoms with Crippen LogP contribution in [0.3, 0.4) is 0 Å². The molecule has 1 amide bonds. The Kier molecular flexibility index (Phi) is 4.47. The van der Waals surface area contributed by atoms with Gasteiger partial charge in [-0.25, -0.2) is 0 Å². The van der Waals surface area contributed by atoms with Gasteiger partial charge < -0.3 is 20.1 Å². The number of hydrogen-bond donors (Lipinski definition) is 2. The fraction of sp³-hybridized carbons (Fsp3) is 0.533. The Labute approximate surface area is 132 Å². The minimum Gasteiger partial charge on any atom is -0.490 e. The molecule has 21 heavy (non-hydrogen) atoms. The summed E-state index contributed by atoms with van der Waals surface area (Å²) in [6.07, 6.45) is 2.32. The maximum absolute atomic E-state index is 12.0. The van der Waals surface area contributed by atoms with Crippen LogP contribution in [0.1, 0.15) is 31.4 Å². The number of nitrogens with one attached hydrogen (secondary N) is 2. The molecule has 0 aliphatic carbocycles. The van der Waals surface area contributed by atoms with Crippen LogP contribution in [0.25, 0.3) is 0 Å². The number of likely N-dealkylation sites (N-methyl/N-ethyl adjacent to an activating group) is 1. The third kappa shape index (κ3) is 3.07. The van der Waals surface area contributed by atoms with Crippen molar-refractivity contribution in [1.29, 1.82) is 0 Å². The third-order valence-electron chi connectivity index (χ3n) is 3.79. The number of carbonyl (C=O) groups is 1. The molecular formula is C15H19BrN2O3. The number of benzene rings is 1. The maximum atomic E-state index is 12.0. The molecule has 5 nitrogen and oxygen atoms in total. The van der Waals surface area contributed by atoms with E-state index in [0.29, 0.717) is 6.61 Å². The Balaban J connectivity index is 1.75. The lowest BCUT2D eigenvalue weighted by atomic mass is 10.1. The Morgan fingerprint density at radius 1 is 1.52 bits per heavy atom. The summed E-state index contributed by atoms with van der Waals surface area (Å²) in [5.41, 5.74) is 1.77. The van der Waals surface area contributed by atoms with E-state index in [0.717, 1.165) is 47.5 Å². The SMILES string of the molecule is CCNC1C(=O)Nc2cc(OCC3CCCO3)c(Br)cc21. The van der Waals surface area contributed by atoms with E-state index in [9.17, 15) is 4.79 Å². The van der Waals surface area contributed by atoms with E-state index in [2.05, 4.69) is 26.6 Å². The molecule has 1 aromatic carbocycles. The standard InChI is InChI=1S/C15H19BrN2O3/c1-2-17-14-10-6-11(16)13(7-12(10)18-15(14)19)21-8-9-4-3-5-20-9/h6-7,9,14,17H,2-5,8H2,1H3,(H,18,19). The van der Waals surface area contributed by atoms with Gasteiger partial charge in [0.1, 0.15) is 18.4 Å². The first kappa shape index (κ1) is 14.8. The van der Waals surface area contributed by atoms with Gasteiger partial charge >= 0.3 is 0 Å². The highest BCUT2D eigenvalue weighted by Crippen LogP contribution is 2.38. The number of amides is 1. The number of halogens is 1. The summed E-state index contributed by atoms with van der Waals surface area (Å²) in [5, 5.41) is 6.07. The van der Waals surface area contributed by atoms with Crippen molar-refractivity contribution in [3.8, 4) is 5.75 Å². The summed E-state index contributed by atoms with van der Waals surface area (Å²) >= 11 is 3.53. The minimum absolute atomic E-state index is 0.0185. The molecule has 1 fully saturated rings. The van der Waals surface area contributed by atoms with Crippen molar-refractivity contribution < 1.29 is 14.3 Å². The summed E-state index contributed by atoms with van der Waals surface area (Å²) in [6.45, 7) is 4.09. The van der Waals surface area contributed by atoms with Gasteiger partial charge in [0.15, 0.2) is 0 Å². The molecule has 2 N–H and O–H groups in total. The van der Waals surface area contributed by atoms with E-state index in [-0.39, 0.29) is 18.1 Å². The molecule has 2 heterocycles. The molecule has 0 spiro atoms. The highest BCUT2D eigenvalue weighted by atomic mass is 79.9. The zero-order valence-electron chi connectivity index (χ0n) is 11.9. The van der Waals surface area contributed by atoms with Crippen molar-refractivity contribution >= 4 is 27.5 Å². The number of carbonyl (C=O) groups excluding carboxylic acids is 1. The second kappa shape index (κ2) is 6.34. The normalized spacial score (nSPS) is 24.0. The van der Waals surface area contributed by atoms with Crippen molar-refractivity contribution in [3.05, 3.63) is 22.2 Å². The minimum atomic E-state index is -0.284. The van der Waals surface area contributed by atoms with Crippen molar-refractivity contribution in [1.82, 2.24) is 5.32 Å². The summed E-state index contributed by atoms with van der Waals surface area (Å²) in [7, 11) is 0. The number of fused-ring (bicyclic) bond motifs is 1. The van der Waals surface area contributed by atoms with Gasteiger partial charge in [0.2, 0.25) is 5.91 Å². The second-order valence-electron chi connectivity index (χ2n) is 5.30. The van der Waals surface area contributed by atoms with E-state index in [4.69, 9.17) is 9.47 Å². The molecule has 0 bridgehead atoms. The predicted octanol–water partition coefficient (Wildman–Crippen LogP) is 2.61. The predicted molar refractivity (Wildman–Crippen MR) is 83.7 cm³/mol. The number of rotatable bonds is 5. The Morgan fingerprint density at radius 3 is 3.10 bits per heavy atom.